The molecule has 0 atom stereocenters. The number of hydrogen-bond donors (Lipinski definition) is 1. The second-order valence-corrected chi connectivity index (χ2v) is 9.01. The van der Waals surface area contributed by atoms with Gasteiger partial charge in [-0.25, -0.2) is 0 Å². The summed E-state index contributed by atoms with van der Waals surface area (Å²) in [6.45, 7) is 15.4. The van der Waals surface area contributed by atoms with Gasteiger partial charge in [-0.2, -0.15) is 0 Å². The lowest BCUT2D eigenvalue weighted by atomic mass is 9.76. The van der Waals surface area contributed by atoms with E-state index in [1.165, 1.54) is 44.1 Å². The number of aromatic hydroxyl groups is 1. The predicted octanol–water partition coefficient (Wildman–Crippen LogP) is 6.89. The predicted molar refractivity (Wildman–Crippen MR) is 103 cm³/mol. The molecular formula is C22H38O. The van der Waals surface area contributed by atoms with Gasteiger partial charge in [-0.1, -0.05) is 92.7 Å². The van der Waals surface area contributed by atoms with Crippen molar-refractivity contribution < 1.29 is 5.11 Å². The van der Waals surface area contributed by atoms with Gasteiger partial charge in [-0.05, 0) is 34.8 Å². The highest BCUT2D eigenvalue weighted by Gasteiger charge is 2.27. The van der Waals surface area contributed by atoms with Crippen LogP contribution in [-0.4, -0.2) is 5.11 Å². The van der Waals surface area contributed by atoms with Crippen LogP contribution in [0.1, 0.15) is 104 Å². The summed E-state index contributed by atoms with van der Waals surface area (Å²) < 4.78 is 0. The Balaban J connectivity index is 2.93. The standard InChI is InChI=1S/C22H38O/c1-8-9-10-11-12-13-14-17-15-16-18(21(2,3)4)20(23)19(17)22(5,6)7/h15-16,23H,8-14H2,1-7H3. The van der Waals surface area contributed by atoms with Gasteiger partial charge in [-0.15, -0.1) is 0 Å². The first-order valence-electron chi connectivity index (χ1n) is 9.44. The Morgan fingerprint density at radius 3 is 1.87 bits per heavy atom. The Morgan fingerprint density at radius 2 is 1.35 bits per heavy atom. The van der Waals surface area contributed by atoms with Crippen molar-refractivity contribution in [2.24, 2.45) is 0 Å². The SMILES string of the molecule is CCCCCCCCc1ccc(C(C)(C)C)c(O)c1C(C)(C)C. The summed E-state index contributed by atoms with van der Waals surface area (Å²) in [6.07, 6.45) is 8.95. The summed E-state index contributed by atoms with van der Waals surface area (Å²) in [5, 5.41) is 10.9. The normalized spacial score (nSPS) is 12.7. The van der Waals surface area contributed by atoms with E-state index < -0.39 is 0 Å². The van der Waals surface area contributed by atoms with Gasteiger partial charge in [0.2, 0.25) is 0 Å². The van der Waals surface area contributed by atoms with Crippen LogP contribution in [0.3, 0.4) is 0 Å². The lowest BCUT2D eigenvalue weighted by Crippen LogP contribution is -2.19. The number of hydrogen-bond acceptors (Lipinski definition) is 1. The van der Waals surface area contributed by atoms with Crippen molar-refractivity contribution in [1.82, 2.24) is 0 Å². The molecule has 0 aromatic heterocycles. The Bertz CT molecular complexity index is 486. The van der Waals surface area contributed by atoms with Gasteiger partial charge in [0.15, 0.2) is 0 Å². The fourth-order valence-electron chi connectivity index (χ4n) is 3.38. The Hall–Kier alpha value is -0.980. The van der Waals surface area contributed by atoms with Gasteiger partial charge in [0.1, 0.15) is 5.75 Å². The molecule has 0 amide bonds. The molecule has 0 spiro atoms. The van der Waals surface area contributed by atoms with Crippen LogP contribution in [-0.2, 0) is 17.3 Å². The molecule has 23 heavy (non-hydrogen) atoms. The van der Waals surface area contributed by atoms with Crippen LogP contribution < -0.4 is 0 Å². The summed E-state index contributed by atoms with van der Waals surface area (Å²) >= 11 is 0. The van der Waals surface area contributed by atoms with Gasteiger partial charge < -0.3 is 5.11 Å². The fraction of sp³-hybridized carbons (Fsp3) is 0.727. The molecule has 1 aromatic carbocycles. The van der Waals surface area contributed by atoms with Crippen molar-refractivity contribution in [2.45, 2.75) is 104 Å². The average Bonchev–Trinajstić information content (AvgIpc) is 2.39. The minimum absolute atomic E-state index is 0.0249. The third-order valence-electron chi connectivity index (χ3n) is 4.62. The van der Waals surface area contributed by atoms with E-state index in [9.17, 15) is 5.11 Å². The van der Waals surface area contributed by atoms with E-state index in [0.29, 0.717) is 5.75 Å². The van der Waals surface area contributed by atoms with E-state index in [-0.39, 0.29) is 10.8 Å². The zero-order chi connectivity index (χ0) is 17.7. The Morgan fingerprint density at radius 1 is 0.783 bits per heavy atom. The second-order valence-electron chi connectivity index (χ2n) is 9.01. The third-order valence-corrected chi connectivity index (χ3v) is 4.62. The highest BCUT2D eigenvalue weighted by Crippen LogP contribution is 2.41. The molecule has 1 rings (SSSR count). The minimum atomic E-state index is -0.0250. The number of aryl methyl sites for hydroxylation is 1. The fourth-order valence-corrected chi connectivity index (χ4v) is 3.38. The van der Waals surface area contributed by atoms with E-state index >= 15 is 0 Å². The van der Waals surface area contributed by atoms with Crippen LogP contribution >= 0.6 is 0 Å². The number of benzene rings is 1. The zero-order valence-electron chi connectivity index (χ0n) is 16.6. The molecule has 0 radical (unpaired) electrons. The number of rotatable bonds is 7. The van der Waals surface area contributed by atoms with Crippen molar-refractivity contribution >= 4 is 0 Å². The van der Waals surface area contributed by atoms with Crippen molar-refractivity contribution in [3.8, 4) is 5.75 Å². The van der Waals surface area contributed by atoms with E-state index in [0.717, 1.165) is 17.5 Å². The topological polar surface area (TPSA) is 20.2 Å². The van der Waals surface area contributed by atoms with Crippen LogP contribution in [0.4, 0.5) is 0 Å². The van der Waals surface area contributed by atoms with Gasteiger partial charge >= 0.3 is 0 Å². The molecular weight excluding hydrogens is 280 g/mol. The van der Waals surface area contributed by atoms with Crippen LogP contribution in [0.2, 0.25) is 0 Å². The molecule has 0 saturated heterocycles. The molecule has 132 valence electrons. The molecule has 1 N–H and O–H groups in total. The highest BCUT2D eigenvalue weighted by atomic mass is 16.3. The van der Waals surface area contributed by atoms with Crippen molar-refractivity contribution in [1.29, 1.82) is 0 Å². The van der Waals surface area contributed by atoms with Crippen molar-refractivity contribution in [3.63, 3.8) is 0 Å². The Labute approximate surface area is 144 Å². The Kier molecular flexibility index (Phi) is 7.17. The van der Waals surface area contributed by atoms with E-state index in [4.69, 9.17) is 0 Å². The first kappa shape index (κ1) is 20.1. The van der Waals surface area contributed by atoms with Crippen LogP contribution in [0.25, 0.3) is 0 Å². The molecule has 0 saturated carbocycles. The van der Waals surface area contributed by atoms with E-state index in [2.05, 4.69) is 60.6 Å². The number of phenols is 1. The largest absolute Gasteiger partial charge is 0.507 e. The quantitative estimate of drug-likeness (QED) is 0.543. The van der Waals surface area contributed by atoms with Crippen LogP contribution in [0.5, 0.6) is 5.75 Å². The summed E-state index contributed by atoms with van der Waals surface area (Å²) in [4.78, 5) is 0. The monoisotopic (exact) mass is 318 g/mol. The van der Waals surface area contributed by atoms with Gasteiger partial charge in [0.05, 0.1) is 0 Å². The van der Waals surface area contributed by atoms with Gasteiger partial charge in [0, 0.05) is 5.56 Å². The van der Waals surface area contributed by atoms with Gasteiger partial charge in [0.25, 0.3) is 0 Å². The molecule has 0 heterocycles. The minimum Gasteiger partial charge on any atom is -0.507 e. The molecule has 1 heteroatoms. The molecule has 0 aliphatic carbocycles. The summed E-state index contributed by atoms with van der Waals surface area (Å²) in [7, 11) is 0. The smallest absolute Gasteiger partial charge is 0.123 e. The van der Waals surface area contributed by atoms with Crippen molar-refractivity contribution in [2.75, 3.05) is 0 Å². The average molecular weight is 319 g/mol. The second kappa shape index (κ2) is 8.22. The molecule has 0 aliphatic rings. The van der Waals surface area contributed by atoms with Gasteiger partial charge in [-0.3, -0.25) is 0 Å². The zero-order valence-corrected chi connectivity index (χ0v) is 16.6. The summed E-state index contributed by atoms with van der Waals surface area (Å²) in [5.41, 5.74) is 3.50. The maximum Gasteiger partial charge on any atom is 0.123 e. The highest BCUT2D eigenvalue weighted by molar-refractivity contribution is 5.51. The maximum absolute atomic E-state index is 10.9. The first-order chi connectivity index (χ1) is 10.6. The molecule has 0 fully saturated rings. The number of phenolic OH excluding ortho intramolecular Hbond substituents is 1. The lowest BCUT2D eigenvalue weighted by Gasteiger charge is -2.29. The molecule has 0 unspecified atom stereocenters. The third kappa shape index (κ3) is 5.86. The van der Waals surface area contributed by atoms with Crippen LogP contribution in [0.15, 0.2) is 12.1 Å². The molecule has 1 aromatic rings. The lowest BCUT2D eigenvalue weighted by molar-refractivity contribution is 0.420. The summed E-state index contributed by atoms with van der Waals surface area (Å²) in [5.74, 6) is 0.522. The first-order valence-corrected chi connectivity index (χ1v) is 9.44. The van der Waals surface area contributed by atoms with E-state index in [1.807, 2.05) is 0 Å². The number of unbranched alkanes of at least 4 members (excludes halogenated alkanes) is 5. The van der Waals surface area contributed by atoms with Crippen LogP contribution in [0, 0.1) is 0 Å². The molecule has 0 bridgehead atoms. The van der Waals surface area contributed by atoms with Crippen molar-refractivity contribution in [3.05, 3.63) is 28.8 Å². The van der Waals surface area contributed by atoms with E-state index in [1.54, 1.807) is 0 Å². The summed E-state index contributed by atoms with van der Waals surface area (Å²) in [6, 6.07) is 4.39. The molecule has 1 nitrogen and oxygen atoms in total. The molecule has 0 aliphatic heterocycles. The maximum atomic E-state index is 10.9.